The molecule has 98 valence electrons. The number of hydrogen-bond donors (Lipinski definition) is 2. The normalized spacial score (nSPS) is 23.1. The second kappa shape index (κ2) is 4.85. The molecule has 1 aliphatic heterocycles. The van der Waals surface area contributed by atoms with Gasteiger partial charge in [0.1, 0.15) is 0 Å². The molecule has 1 aromatic carbocycles. The van der Waals surface area contributed by atoms with Crippen molar-refractivity contribution in [1.82, 2.24) is 0 Å². The third kappa shape index (κ3) is 2.49. The van der Waals surface area contributed by atoms with Gasteiger partial charge in [0.25, 0.3) is 0 Å². The van der Waals surface area contributed by atoms with Crippen molar-refractivity contribution in [3.63, 3.8) is 0 Å². The van der Waals surface area contributed by atoms with Crippen LogP contribution in [0.3, 0.4) is 0 Å². The van der Waals surface area contributed by atoms with Crippen LogP contribution < -0.4 is 5.32 Å². The van der Waals surface area contributed by atoms with E-state index in [2.05, 4.69) is 21.2 Å². The van der Waals surface area contributed by atoms with E-state index in [1.165, 1.54) is 12.1 Å². The maximum Gasteiger partial charge on any atom is 0.336 e. The number of rotatable bonds is 3. The van der Waals surface area contributed by atoms with E-state index in [-0.39, 0.29) is 21.3 Å². The third-order valence-electron chi connectivity index (χ3n) is 2.97. The molecule has 2 rings (SSSR count). The summed E-state index contributed by atoms with van der Waals surface area (Å²) >= 11 is 2.97. The van der Waals surface area contributed by atoms with Crippen molar-refractivity contribution in [2.45, 2.75) is 18.9 Å². The molecule has 1 fully saturated rings. The first kappa shape index (κ1) is 13.3. The van der Waals surface area contributed by atoms with Crippen molar-refractivity contribution in [2.24, 2.45) is 0 Å². The van der Waals surface area contributed by atoms with Gasteiger partial charge in [-0.1, -0.05) is 0 Å². The Morgan fingerprint density at radius 2 is 2.33 bits per heavy atom. The Morgan fingerprint density at radius 3 is 2.89 bits per heavy atom. The Hall–Kier alpha value is -1.14. The molecule has 1 atom stereocenters. The number of nitrogens with one attached hydrogen (secondary N) is 1. The molecular weight excluding hydrogens is 305 g/mol. The SMILES string of the molecule is CC1(Nc2ccc(C(=O)O)c(Br)c2F)CCOC1. The second-order valence-electron chi connectivity index (χ2n) is 4.58. The van der Waals surface area contributed by atoms with E-state index in [1.54, 1.807) is 0 Å². The number of benzene rings is 1. The maximum atomic E-state index is 14.0. The summed E-state index contributed by atoms with van der Waals surface area (Å²) in [6.45, 7) is 3.09. The van der Waals surface area contributed by atoms with Gasteiger partial charge in [-0.3, -0.25) is 0 Å². The summed E-state index contributed by atoms with van der Waals surface area (Å²) in [5, 5.41) is 11.9. The molecule has 0 aromatic heterocycles. The van der Waals surface area contributed by atoms with Crippen molar-refractivity contribution < 1.29 is 19.0 Å². The first-order chi connectivity index (χ1) is 8.43. The van der Waals surface area contributed by atoms with Gasteiger partial charge in [-0.25, -0.2) is 9.18 Å². The molecule has 0 saturated carbocycles. The highest BCUT2D eigenvalue weighted by molar-refractivity contribution is 9.10. The van der Waals surface area contributed by atoms with Gasteiger partial charge in [0.05, 0.1) is 27.9 Å². The predicted octanol–water partition coefficient (Wildman–Crippen LogP) is 2.88. The summed E-state index contributed by atoms with van der Waals surface area (Å²) in [5.74, 6) is -1.76. The van der Waals surface area contributed by atoms with Crippen LogP contribution in [-0.2, 0) is 4.74 Å². The Morgan fingerprint density at radius 1 is 1.61 bits per heavy atom. The minimum absolute atomic E-state index is 0.0393. The Kier molecular flexibility index (Phi) is 3.59. The van der Waals surface area contributed by atoms with Crippen molar-refractivity contribution >= 4 is 27.6 Å². The summed E-state index contributed by atoms with van der Waals surface area (Å²) in [6.07, 6.45) is 0.782. The average molecular weight is 318 g/mol. The van der Waals surface area contributed by atoms with Crippen molar-refractivity contribution in [2.75, 3.05) is 18.5 Å². The van der Waals surface area contributed by atoms with Gasteiger partial charge in [-0.15, -0.1) is 0 Å². The smallest absolute Gasteiger partial charge is 0.336 e. The summed E-state index contributed by atoms with van der Waals surface area (Å²) in [7, 11) is 0. The highest BCUT2D eigenvalue weighted by Gasteiger charge is 2.30. The minimum Gasteiger partial charge on any atom is -0.478 e. The summed E-state index contributed by atoms with van der Waals surface area (Å²) < 4.78 is 19.3. The molecule has 0 amide bonds. The molecule has 0 bridgehead atoms. The van der Waals surface area contributed by atoms with E-state index in [0.717, 1.165) is 6.42 Å². The predicted molar refractivity (Wildman–Crippen MR) is 68.5 cm³/mol. The van der Waals surface area contributed by atoms with E-state index in [9.17, 15) is 9.18 Å². The lowest BCUT2D eigenvalue weighted by molar-refractivity contribution is 0.0695. The monoisotopic (exact) mass is 317 g/mol. The van der Waals surface area contributed by atoms with Crippen LogP contribution in [0.4, 0.5) is 10.1 Å². The largest absolute Gasteiger partial charge is 0.478 e. The lowest BCUT2D eigenvalue weighted by atomic mass is 10.0. The number of ether oxygens (including phenoxy) is 1. The molecular formula is C12H13BrFNO3. The average Bonchev–Trinajstić information content (AvgIpc) is 2.72. The molecule has 1 heterocycles. The highest BCUT2D eigenvalue weighted by atomic mass is 79.9. The van der Waals surface area contributed by atoms with Crippen LogP contribution in [0.1, 0.15) is 23.7 Å². The van der Waals surface area contributed by atoms with Crippen LogP contribution in [0, 0.1) is 5.82 Å². The van der Waals surface area contributed by atoms with Gasteiger partial charge < -0.3 is 15.2 Å². The maximum absolute atomic E-state index is 14.0. The van der Waals surface area contributed by atoms with Crippen LogP contribution in [0.5, 0.6) is 0 Å². The third-order valence-corrected chi connectivity index (χ3v) is 3.74. The second-order valence-corrected chi connectivity index (χ2v) is 5.38. The molecule has 18 heavy (non-hydrogen) atoms. The van der Waals surface area contributed by atoms with Gasteiger partial charge in [-0.2, -0.15) is 0 Å². The fourth-order valence-corrected chi connectivity index (χ4v) is 2.42. The minimum atomic E-state index is -1.16. The first-order valence-electron chi connectivity index (χ1n) is 5.50. The number of carboxylic acids is 1. The molecule has 1 unspecified atom stereocenters. The van der Waals surface area contributed by atoms with Crippen LogP contribution in [0.25, 0.3) is 0 Å². The topological polar surface area (TPSA) is 58.6 Å². The summed E-state index contributed by atoms with van der Waals surface area (Å²) in [4.78, 5) is 10.9. The van der Waals surface area contributed by atoms with Crippen molar-refractivity contribution in [3.8, 4) is 0 Å². The zero-order valence-electron chi connectivity index (χ0n) is 9.80. The van der Waals surface area contributed by atoms with Gasteiger partial charge in [-0.05, 0) is 41.4 Å². The molecule has 1 aliphatic rings. The zero-order valence-corrected chi connectivity index (χ0v) is 11.4. The summed E-state index contributed by atoms with van der Waals surface area (Å²) in [5.41, 5.74) is -0.129. The fraction of sp³-hybridized carbons (Fsp3) is 0.417. The zero-order chi connectivity index (χ0) is 13.3. The van der Waals surface area contributed by atoms with Crippen molar-refractivity contribution in [1.29, 1.82) is 0 Å². The van der Waals surface area contributed by atoms with Gasteiger partial charge >= 0.3 is 5.97 Å². The van der Waals surface area contributed by atoms with E-state index in [4.69, 9.17) is 9.84 Å². The molecule has 2 N–H and O–H groups in total. The number of halogens is 2. The van der Waals surface area contributed by atoms with Crippen LogP contribution in [0.15, 0.2) is 16.6 Å². The van der Waals surface area contributed by atoms with Gasteiger partial charge in [0.2, 0.25) is 0 Å². The lowest BCUT2D eigenvalue weighted by Crippen LogP contribution is -2.35. The molecule has 1 aromatic rings. The first-order valence-corrected chi connectivity index (χ1v) is 6.29. The molecule has 0 spiro atoms. The Bertz CT molecular complexity index is 486. The van der Waals surface area contributed by atoms with Crippen LogP contribution in [-0.4, -0.2) is 29.8 Å². The Labute approximate surface area is 112 Å². The molecule has 0 aliphatic carbocycles. The quantitative estimate of drug-likeness (QED) is 0.900. The van der Waals surface area contributed by atoms with Gasteiger partial charge in [0.15, 0.2) is 5.82 Å². The molecule has 6 heteroatoms. The van der Waals surface area contributed by atoms with E-state index in [0.29, 0.717) is 13.2 Å². The van der Waals surface area contributed by atoms with Crippen LogP contribution >= 0.6 is 15.9 Å². The number of anilines is 1. The number of carbonyl (C=O) groups is 1. The number of aromatic carboxylic acids is 1. The molecule has 4 nitrogen and oxygen atoms in total. The number of carboxylic acid groups (broad SMARTS) is 1. The van der Waals surface area contributed by atoms with Gasteiger partial charge in [0, 0.05) is 6.61 Å². The summed E-state index contributed by atoms with van der Waals surface area (Å²) in [6, 6.07) is 2.81. The van der Waals surface area contributed by atoms with Crippen molar-refractivity contribution in [3.05, 3.63) is 28.0 Å². The fourth-order valence-electron chi connectivity index (χ4n) is 1.90. The molecule has 1 saturated heterocycles. The number of hydrogen-bond acceptors (Lipinski definition) is 3. The van der Waals surface area contributed by atoms with Crippen LogP contribution in [0.2, 0.25) is 0 Å². The van der Waals surface area contributed by atoms with E-state index >= 15 is 0 Å². The van der Waals surface area contributed by atoms with E-state index < -0.39 is 11.8 Å². The molecule has 0 radical (unpaired) electrons. The standard InChI is InChI=1S/C12H13BrFNO3/c1-12(4-5-18-6-12)15-8-3-2-7(11(16)17)9(13)10(8)14/h2-3,15H,4-6H2,1H3,(H,16,17). The highest BCUT2D eigenvalue weighted by Crippen LogP contribution is 2.31. The Balaban J connectivity index is 2.30. The van der Waals surface area contributed by atoms with E-state index in [1.807, 2.05) is 6.92 Å². The lowest BCUT2D eigenvalue weighted by Gasteiger charge is -2.25.